The van der Waals surface area contributed by atoms with Gasteiger partial charge in [0.1, 0.15) is 16.4 Å². The van der Waals surface area contributed by atoms with Crippen LogP contribution in [0.1, 0.15) is 22.6 Å². The molecule has 1 atom stereocenters. The van der Waals surface area contributed by atoms with Crippen molar-refractivity contribution in [1.82, 2.24) is 14.5 Å². The van der Waals surface area contributed by atoms with Crippen LogP contribution in [0.2, 0.25) is 5.02 Å². The van der Waals surface area contributed by atoms with Gasteiger partial charge < -0.3 is 15.2 Å². The smallest absolute Gasteiger partial charge is 0.243 e. The summed E-state index contributed by atoms with van der Waals surface area (Å²) in [6.07, 6.45) is 1.29. The van der Waals surface area contributed by atoms with E-state index in [1.807, 2.05) is 0 Å². The molecule has 4 aromatic rings. The van der Waals surface area contributed by atoms with Gasteiger partial charge in [0.05, 0.1) is 25.8 Å². The quantitative estimate of drug-likeness (QED) is 0.305. The van der Waals surface area contributed by atoms with E-state index in [1.165, 1.54) is 38.6 Å². The Morgan fingerprint density at radius 1 is 1.11 bits per heavy atom. The van der Waals surface area contributed by atoms with Crippen LogP contribution in [0.4, 0.5) is 4.39 Å². The van der Waals surface area contributed by atoms with E-state index in [9.17, 15) is 17.6 Å². The number of hydrogen-bond acceptors (Lipinski definition) is 6. The normalized spacial score (nSPS) is 12.2. The third kappa shape index (κ3) is 5.64. The monoisotopic (exact) mass is 558 g/mol. The summed E-state index contributed by atoms with van der Waals surface area (Å²) in [6, 6.07) is 17.0. The maximum absolute atomic E-state index is 13.7. The van der Waals surface area contributed by atoms with Gasteiger partial charge >= 0.3 is 0 Å². The highest BCUT2D eigenvalue weighted by molar-refractivity contribution is 7.89. The molecular formula is C26H24ClFN4O5S. The largest absolute Gasteiger partial charge is 0.497 e. The minimum atomic E-state index is -4.25. The summed E-state index contributed by atoms with van der Waals surface area (Å²) in [7, 11) is -1.28. The number of aromatic nitrogens is 2. The molecule has 0 radical (unpaired) electrons. The summed E-state index contributed by atoms with van der Waals surface area (Å²) in [5, 5.41) is 4.01. The molecule has 3 N–H and O–H groups in total. The van der Waals surface area contributed by atoms with Crippen LogP contribution in [-0.4, -0.2) is 38.3 Å². The lowest BCUT2D eigenvalue weighted by molar-refractivity contribution is -0.118. The van der Waals surface area contributed by atoms with E-state index in [0.29, 0.717) is 27.6 Å². The zero-order valence-electron chi connectivity index (χ0n) is 20.4. The summed E-state index contributed by atoms with van der Waals surface area (Å²) in [6.45, 7) is -0.129. The minimum Gasteiger partial charge on any atom is -0.497 e. The highest BCUT2D eigenvalue weighted by Gasteiger charge is 2.27. The number of nitrogens with two attached hydrogens (primary N) is 1. The van der Waals surface area contributed by atoms with Crippen molar-refractivity contribution in [2.75, 3.05) is 14.2 Å². The topological polar surface area (TPSA) is 126 Å². The second kappa shape index (κ2) is 11.2. The van der Waals surface area contributed by atoms with Crippen molar-refractivity contribution in [2.45, 2.75) is 17.4 Å². The molecule has 0 saturated heterocycles. The van der Waals surface area contributed by atoms with Crippen LogP contribution < -0.4 is 19.9 Å². The first-order valence-electron chi connectivity index (χ1n) is 11.2. The van der Waals surface area contributed by atoms with Crippen molar-refractivity contribution < 1.29 is 27.1 Å². The Hall–Kier alpha value is -3.93. The minimum absolute atomic E-state index is 0.0641. The van der Waals surface area contributed by atoms with Gasteiger partial charge in [-0.25, -0.2) is 17.8 Å². The van der Waals surface area contributed by atoms with E-state index < -0.39 is 27.8 Å². The summed E-state index contributed by atoms with van der Waals surface area (Å²) in [5.74, 6) is -1.60. The number of amides is 1. The second-order valence-electron chi connectivity index (χ2n) is 8.17. The number of sulfonamides is 1. The van der Waals surface area contributed by atoms with Gasteiger partial charge in [-0.2, -0.15) is 4.39 Å². The molecule has 1 unspecified atom stereocenters. The number of methoxy groups -OCH3 is 2. The Morgan fingerprint density at radius 2 is 1.87 bits per heavy atom. The zero-order valence-corrected chi connectivity index (χ0v) is 22.0. The van der Waals surface area contributed by atoms with E-state index in [-0.39, 0.29) is 22.7 Å². The molecule has 0 aliphatic carbocycles. The Labute approximate surface area is 224 Å². The zero-order chi connectivity index (χ0) is 27.4. The number of rotatable bonds is 10. The maximum Gasteiger partial charge on any atom is 0.243 e. The molecule has 0 spiro atoms. The van der Waals surface area contributed by atoms with Gasteiger partial charge in [0, 0.05) is 35.5 Å². The van der Waals surface area contributed by atoms with Gasteiger partial charge in [-0.1, -0.05) is 41.9 Å². The maximum atomic E-state index is 13.7. The van der Waals surface area contributed by atoms with Crippen molar-refractivity contribution in [3.05, 3.63) is 101 Å². The Kier molecular flexibility index (Phi) is 8.00. The average molecular weight is 559 g/mol. The molecular weight excluding hydrogens is 535 g/mol. The van der Waals surface area contributed by atoms with E-state index in [2.05, 4.69) is 9.82 Å². The van der Waals surface area contributed by atoms with Crippen LogP contribution in [0.3, 0.4) is 0 Å². The SMILES string of the molecule is COc1ccc(CNS(=O)(=O)c2cc(C(C(N)=O)c3ccccc3Cl)ccc2-n2ccc(F)n2)c(OC)c1. The molecule has 1 amide bonds. The molecule has 0 aliphatic heterocycles. The molecule has 12 heteroatoms. The fourth-order valence-electron chi connectivity index (χ4n) is 4.01. The summed E-state index contributed by atoms with van der Waals surface area (Å²) in [4.78, 5) is 12.3. The van der Waals surface area contributed by atoms with Crippen LogP contribution in [0.15, 0.2) is 77.8 Å². The number of carbonyl (C=O) groups excluding carboxylic acids is 1. The Bertz CT molecular complexity index is 1590. The number of carbonyl (C=O) groups is 1. The van der Waals surface area contributed by atoms with E-state index in [4.69, 9.17) is 26.8 Å². The van der Waals surface area contributed by atoms with Crippen LogP contribution in [0, 0.1) is 5.95 Å². The lowest BCUT2D eigenvalue weighted by atomic mass is 9.90. The molecule has 9 nitrogen and oxygen atoms in total. The first-order chi connectivity index (χ1) is 18.1. The molecule has 0 saturated carbocycles. The molecule has 0 bridgehead atoms. The first kappa shape index (κ1) is 27.1. The van der Waals surface area contributed by atoms with Gasteiger partial charge in [-0.15, -0.1) is 5.10 Å². The predicted molar refractivity (Wildman–Crippen MR) is 140 cm³/mol. The van der Waals surface area contributed by atoms with Crippen LogP contribution in [-0.2, 0) is 21.4 Å². The van der Waals surface area contributed by atoms with E-state index in [1.54, 1.807) is 42.5 Å². The van der Waals surface area contributed by atoms with Gasteiger partial charge in [-0.05, 0) is 35.4 Å². The third-order valence-electron chi connectivity index (χ3n) is 5.86. The fourth-order valence-corrected chi connectivity index (χ4v) is 5.48. The molecule has 1 heterocycles. The van der Waals surface area contributed by atoms with Gasteiger partial charge in [0.2, 0.25) is 21.9 Å². The number of nitrogens with zero attached hydrogens (tertiary/aromatic N) is 2. The average Bonchev–Trinajstić information content (AvgIpc) is 3.34. The lowest BCUT2D eigenvalue weighted by Gasteiger charge is -2.19. The van der Waals surface area contributed by atoms with Crippen molar-refractivity contribution in [3.8, 4) is 17.2 Å². The molecule has 38 heavy (non-hydrogen) atoms. The number of primary amides is 1. The number of halogens is 2. The standard InChI is InChI=1S/C26H24ClFN4O5S/c1-36-18-9-7-17(22(14-18)37-2)15-30-38(34,35)23-13-16(8-10-21(23)32-12-11-24(28)31-32)25(26(29)33)19-5-3-4-6-20(19)27/h3-14,25,30H,15H2,1-2H3,(H2,29,33). The summed E-state index contributed by atoms with van der Waals surface area (Å²) < 4.78 is 55.2. The van der Waals surface area contributed by atoms with Gasteiger partial charge in [-0.3, -0.25) is 4.79 Å². The predicted octanol–water partition coefficient (Wildman–Crippen LogP) is 3.78. The van der Waals surface area contributed by atoms with Crippen molar-refractivity contribution in [1.29, 1.82) is 0 Å². The molecule has 198 valence electrons. The van der Waals surface area contributed by atoms with Gasteiger partial charge in [0.15, 0.2) is 0 Å². The van der Waals surface area contributed by atoms with Crippen molar-refractivity contribution in [2.24, 2.45) is 5.73 Å². The molecule has 0 fully saturated rings. The highest BCUT2D eigenvalue weighted by atomic mass is 35.5. The van der Waals surface area contributed by atoms with Gasteiger partial charge in [0.25, 0.3) is 0 Å². The third-order valence-corrected chi connectivity index (χ3v) is 7.63. The first-order valence-corrected chi connectivity index (χ1v) is 13.1. The number of nitrogens with one attached hydrogen (secondary N) is 1. The number of hydrogen-bond donors (Lipinski definition) is 2. The highest BCUT2D eigenvalue weighted by Crippen LogP contribution is 2.33. The van der Waals surface area contributed by atoms with Crippen LogP contribution in [0.25, 0.3) is 5.69 Å². The lowest BCUT2D eigenvalue weighted by Crippen LogP contribution is -2.26. The summed E-state index contributed by atoms with van der Waals surface area (Å²) in [5.41, 5.74) is 7.03. The second-order valence-corrected chi connectivity index (χ2v) is 10.3. The molecule has 4 rings (SSSR count). The Morgan fingerprint density at radius 3 is 2.50 bits per heavy atom. The fraction of sp³-hybridized carbons (Fsp3) is 0.154. The molecule has 3 aromatic carbocycles. The van der Waals surface area contributed by atoms with Crippen molar-refractivity contribution >= 4 is 27.5 Å². The van der Waals surface area contributed by atoms with Crippen LogP contribution >= 0.6 is 11.6 Å². The van der Waals surface area contributed by atoms with E-state index in [0.717, 1.165) is 10.7 Å². The molecule has 1 aromatic heterocycles. The summed E-state index contributed by atoms with van der Waals surface area (Å²) >= 11 is 6.33. The number of ether oxygens (including phenoxy) is 2. The van der Waals surface area contributed by atoms with Crippen molar-refractivity contribution in [3.63, 3.8) is 0 Å². The Balaban J connectivity index is 1.80. The molecule has 0 aliphatic rings. The van der Waals surface area contributed by atoms with Crippen LogP contribution in [0.5, 0.6) is 11.5 Å². The number of benzene rings is 3. The van der Waals surface area contributed by atoms with E-state index >= 15 is 0 Å².